The first kappa shape index (κ1) is 14.5. The number of carboxylic acid groups (broad SMARTS) is 1. The minimum absolute atomic E-state index is 0.131. The number of rotatable bonds is 7. The van der Waals surface area contributed by atoms with Crippen molar-refractivity contribution in [2.24, 2.45) is 0 Å². The molecule has 0 aliphatic carbocycles. The summed E-state index contributed by atoms with van der Waals surface area (Å²) < 4.78 is 1.56. The van der Waals surface area contributed by atoms with E-state index in [1.807, 2.05) is 0 Å². The molecule has 0 saturated heterocycles. The van der Waals surface area contributed by atoms with Crippen molar-refractivity contribution in [1.29, 1.82) is 0 Å². The van der Waals surface area contributed by atoms with E-state index in [0.717, 1.165) is 0 Å². The zero-order valence-corrected chi connectivity index (χ0v) is 11.1. The number of nitrogens with zero attached hydrogens (tertiary/aromatic N) is 4. The van der Waals surface area contributed by atoms with Gasteiger partial charge in [0.2, 0.25) is 0 Å². The van der Waals surface area contributed by atoms with E-state index in [9.17, 15) is 9.59 Å². The van der Waals surface area contributed by atoms with Gasteiger partial charge in [0, 0.05) is 31.1 Å². The number of H-pyrrole nitrogens is 1. The zero-order valence-electron chi connectivity index (χ0n) is 11.1. The third-order valence-electron chi connectivity index (χ3n) is 2.68. The third-order valence-corrected chi connectivity index (χ3v) is 2.68. The fourth-order valence-corrected chi connectivity index (χ4v) is 1.66. The van der Waals surface area contributed by atoms with Crippen molar-refractivity contribution < 1.29 is 14.7 Å². The number of hydrogen-bond acceptors (Lipinski definition) is 5. The number of aliphatic carboxylic acids is 1. The molecular weight excluding hydrogens is 278 g/mol. The summed E-state index contributed by atoms with van der Waals surface area (Å²) in [5.41, 5.74) is 0.630. The molecule has 0 aliphatic rings. The van der Waals surface area contributed by atoms with Gasteiger partial charge in [0.15, 0.2) is 0 Å². The molecule has 2 heterocycles. The second kappa shape index (κ2) is 7.03. The van der Waals surface area contributed by atoms with Crippen LogP contribution in [-0.2, 0) is 17.8 Å². The molecule has 4 N–H and O–H groups in total. The van der Waals surface area contributed by atoms with Crippen LogP contribution in [-0.4, -0.2) is 54.7 Å². The molecule has 10 nitrogen and oxygen atoms in total. The van der Waals surface area contributed by atoms with Crippen LogP contribution >= 0.6 is 0 Å². The number of imidazole rings is 1. The zero-order chi connectivity index (χ0) is 15.1. The molecule has 2 amide bonds. The second-order valence-electron chi connectivity index (χ2n) is 4.24. The summed E-state index contributed by atoms with van der Waals surface area (Å²) in [5, 5.41) is 21.4. The molecule has 1 atom stereocenters. The van der Waals surface area contributed by atoms with Crippen LogP contribution < -0.4 is 10.6 Å². The Morgan fingerprint density at radius 3 is 2.95 bits per heavy atom. The lowest BCUT2D eigenvalue weighted by Crippen LogP contribution is -2.47. The summed E-state index contributed by atoms with van der Waals surface area (Å²) in [6.45, 7) is 0.761. The molecule has 2 aromatic heterocycles. The minimum atomic E-state index is -1.11. The lowest BCUT2D eigenvalue weighted by molar-refractivity contribution is -0.139. The number of hydrogen-bond donors (Lipinski definition) is 4. The van der Waals surface area contributed by atoms with Gasteiger partial charge < -0.3 is 20.7 Å². The quantitative estimate of drug-likeness (QED) is 0.516. The monoisotopic (exact) mass is 293 g/mol. The minimum Gasteiger partial charge on any atom is -0.480 e. The van der Waals surface area contributed by atoms with Crippen LogP contribution in [0.15, 0.2) is 24.9 Å². The van der Waals surface area contributed by atoms with Gasteiger partial charge in [-0.15, -0.1) is 5.10 Å². The highest BCUT2D eigenvalue weighted by Crippen LogP contribution is 1.98. The Morgan fingerprint density at radius 2 is 2.33 bits per heavy atom. The van der Waals surface area contributed by atoms with Crippen molar-refractivity contribution in [1.82, 2.24) is 35.6 Å². The highest BCUT2D eigenvalue weighted by Gasteiger charge is 2.20. The van der Waals surface area contributed by atoms with Gasteiger partial charge in [0.1, 0.15) is 6.04 Å². The highest BCUT2D eigenvalue weighted by molar-refractivity contribution is 5.82. The Hall–Kier alpha value is -2.91. The van der Waals surface area contributed by atoms with E-state index in [1.165, 1.54) is 18.7 Å². The molecule has 21 heavy (non-hydrogen) atoms. The van der Waals surface area contributed by atoms with E-state index in [2.05, 4.69) is 30.9 Å². The SMILES string of the molecule is O=C(NCCn1ccnn1)N[C@@H](Cc1cnc[nH]1)C(=O)O. The Labute approximate surface area is 119 Å². The van der Waals surface area contributed by atoms with Gasteiger partial charge in [0.05, 0.1) is 19.1 Å². The van der Waals surface area contributed by atoms with Crippen molar-refractivity contribution >= 4 is 12.0 Å². The van der Waals surface area contributed by atoms with Gasteiger partial charge in [0.25, 0.3) is 0 Å². The van der Waals surface area contributed by atoms with Crippen LogP contribution in [0.4, 0.5) is 4.79 Å². The molecule has 0 spiro atoms. The molecule has 0 saturated carbocycles. The van der Waals surface area contributed by atoms with Crippen LogP contribution in [0, 0.1) is 0 Å². The van der Waals surface area contributed by atoms with Crippen LogP contribution in [0.5, 0.6) is 0 Å². The highest BCUT2D eigenvalue weighted by atomic mass is 16.4. The van der Waals surface area contributed by atoms with Crippen LogP contribution in [0.25, 0.3) is 0 Å². The predicted octanol–water partition coefficient (Wildman–Crippen LogP) is -1.00. The molecule has 0 radical (unpaired) electrons. The van der Waals surface area contributed by atoms with Crippen LogP contribution in [0.3, 0.4) is 0 Å². The topological polar surface area (TPSA) is 138 Å². The molecule has 10 heteroatoms. The van der Waals surface area contributed by atoms with Gasteiger partial charge >= 0.3 is 12.0 Å². The summed E-state index contributed by atoms with van der Waals surface area (Å²) in [6.07, 6.45) is 6.29. The van der Waals surface area contributed by atoms with Gasteiger partial charge in [-0.3, -0.25) is 4.68 Å². The number of nitrogens with one attached hydrogen (secondary N) is 3. The summed E-state index contributed by atoms with van der Waals surface area (Å²) >= 11 is 0. The average Bonchev–Trinajstić information content (AvgIpc) is 3.10. The average molecular weight is 293 g/mol. The molecule has 2 aromatic rings. The second-order valence-corrected chi connectivity index (χ2v) is 4.24. The Balaban J connectivity index is 1.76. The van der Waals surface area contributed by atoms with E-state index < -0.39 is 18.0 Å². The number of urea groups is 1. The van der Waals surface area contributed by atoms with E-state index in [1.54, 1.807) is 10.9 Å². The number of amides is 2. The summed E-state index contributed by atoms with van der Waals surface area (Å²) in [6, 6.07) is -1.58. The summed E-state index contributed by atoms with van der Waals surface area (Å²) in [5.74, 6) is -1.11. The maximum Gasteiger partial charge on any atom is 0.326 e. The molecular formula is C11H15N7O3. The van der Waals surface area contributed by atoms with E-state index in [4.69, 9.17) is 5.11 Å². The first-order valence-corrected chi connectivity index (χ1v) is 6.23. The molecule has 0 fully saturated rings. The Kier molecular flexibility index (Phi) is 4.85. The maximum atomic E-state index is 11.7. The fraction of sp³-hybridized carbons (Fsp3) is 0.364. The van der Waals surface area contributed by atoms with E-state index >= 15 is 0 Å². The van der Waals surface area contributed by atoms with Crippen molar-refractivity contribution in [3.63, 3.8) is 0 Å². The van der Waals surface area contributed by atoms with E-state index in [-0.39, 0.29) is 6.42 Å². The molecule has 112 valence electrons. The smallest absolute Gasteiger partial charge is 0.326 e. The first-order chi connectivity index (χ1) is 10.1. The molecule has 0 unspecified atom stereocenters. The largest absolute Gasteiger partial charge is 0.480 e. The number of carboxylic acids is 1. The van der Waals surface area contributed by atoms with E-state index in [0.29, 0.717) is 18.8 Å². The standard InChI is InChI=1S/C11H15N7O3/c19-10(20)9(5-8-6-12-7-14-8)16-11(21)13-1-3-18-4-2-15-17-18/h2,4,6-7,9H,1,3,5H2,(H,12,14)(H,19,20)(H2,13,16,21)/t9-/m0/s1. The first-order valence-electron chi connectivity index (χ1n) is 6.23. The Bertz CT molecular complexity index is 567. The van der Waals surface area contributed by atoms with Gasteiger partial charge in [-0.1, -0.05) is 5.21 Å². The number of carbonyl (C=O) groups is 2. The summed E-state index contributed by atoms with van der Waals surface area (Å²) in [7, 11) is 0. The lowest BCUT2D eigenvalue weighted by atomic mass is 10.2. The van der Waals surface area contributed by atoms with Gasteiger partial charge in [-0.2, -0.15) is 0 Å². The van der Waals surface area contributed by atoms with Crippen LogP contribution in [0.2, 0.25) is 0 Å². The van der Waals surface area contributed by atoms with Crippen molar-refractivity contribution in [2.75, 3.05) is 6.54 Å². The number of aromatic amines is 1. The van der Waals surface area contributed by atoms with Gasteiger partial charge in [-0.25, -0.2) is 14.6 Å². The van der Waals surface area contributed by atoms with Crippen LogP contribution in [0.1, 0.15) is 5.69 Å². The number of carbonyl (C=O) groups excluding carboxylic acids is 1. The molecule has 2 rings (SSSR count). The summed E-state index contributed by atoms with van der Waals surface area (Å²) in [4.78, 5) is 29.4. The molecule has 0 aromatic carbocycles. The third kappa shape index (κ3) is 4.60. The predicted molar refractivity (Wildman–Crippen MR) is 70.3 cm³/mol. The maximum absolute atomic E-state index is 11.7. The molecule has 0 aliphatic heterocycles. The number of aromatic nitrogens is 5. The fourth-order valence-electron chi connectivity index (χ4n) is 1.66. The van der Waals surface area contributed by atoms with Crippen molar-refractivity contribution in [3.05, 3.63) is 30.6 Å². The molecule has 0 bridgehead atoms. The van der Waals surface area contributed by atoms with Crippen molar-refractivity contribution in [3.8, 4) is 0 Å². The Morgan fingerprint density at radius 1 is 1.48 bits per heavy atom. The normalized spacial score (nSPS) is 11.8. The van der Waals surface area contributed by atoms with Gasteiger partial charge in [-0.05, 0) is 0 Å². The van der Waals surface area contributed by atoms with Crippen molar-refractivity contribution in [2.45, 2.75) is 19.0 Å². The lowest BCUT2D eigenvalue weighted by Gasteiger charge is -2.14.